The Kier molecular flexibility index (Phi) is 15.4. The van der Waals surface area contributed by atoms with Gasteiger partial charge in [-0.3, -0.25) is 4.79 Å². The van der Waals surface area contributed by atoms with E-state index in [4.69, 9.17) is 28.9 Å². The first-order valence-electron chi connectivity index (χ1n) is 24.9. The van der Waals surface area contributed by atoms with Gasteiger partial charge in [0, 0.05) is 49.6 Å². The maximum Gasteiger partial charge on any atom is 0.254 e. The first-order valence-corrected chi connectivity index (χ1v) is 24.9. The van der Waals surface area contributed by atoms with Crippen molar-refractivity contribution < 1.29 is 38.8 Å². The second-order valence-corrected chi connectivity index (χ2v) is 18.7. The van der Waals surface area contributed by atoms with Gasteiger partial charge in [0.05, 0.1) is 24.8 Å². The van der Waals surface area contributed by atoms with Gasteiger partial charge in [-0.15, -0.1) is 6.58 Å². The zero-order chi connectivity index (χ0) is 46.9. The number of carbonyl (C=O) groups excluding carboxylic acids is 1. The van der Waals surface area contributed by atoms with Crippen LogP contribution in [0.3, 0.4) is 0 Å². The third kappa shape index (κ3) is 10.0. The molecule has 5 aromatic carbocycles. The van der Waals surface area contributed by atoms with E-state index in [1.54, 1.807) is 6.08 Å². The number of aliphatic hydroxyl groups is 2. The van der Waals surface area contributed by atoms with Crippen molar-refractivity contribution in [3.63, 3.8) is 0 Å². The topological polar surface area (TPSA) is 119 Å². The normalized spacial score (nSPS) is 24.6. The maximum atomic E-state index is 15.4. The first kappa shape index (κ1) is 47.3. The number of rotatable bonds is 20. The Hall–Kier alpha value is -5.78. The van der Waals surface area contributed by atoms with Gasteiger partial charge in [-0.2, -0.15) is 0 Å². The molecule has 1 unspecified atom stereocenters. The molecule has 0 bridgehead atoms. The molecule has 1 saturated carbocycles. The molecule has 2 aliphatic heterocycles. The Morgan fingerprint density at radius 3 is 2.35 bits per heavy atom. The molecule has 356 valence electrons. The summed E-state index contributed by atoms with van der Waals surface area (Å²) in [5.41, 5.74) is 5.56. The number of aliphatic hydroxyl groups excluding tert-OH is 2. The fourth-order valence-corrected chi connectivity index (χ4v) is 11.2. The van der Waals surface area contributed by atoms with E-state index in [0.29, 0.717) is 61.6 Å². The summed E-state index contributed by atoms with van der Waals surface area (Å²) in [6.07, 6.45) is 12.1. The Balaban J connectivity index is 1.21. The summed E-state index contributed by atoms with van der Waals surface area (Å²) in [5, 5.41) is 27.2. The SMILES string of the molecule is C=CCO[C@@]12Oc3ccc(Oc4ccc(-c5ccccc5)cc4)cc3[C@H]3[C@H](CCCCO)[C@@H](CCCCO)C=C(C(=NOC4CCCCO4)C[C@@H]1N(CCC)C(=O)c1ccc4ccccc4c1)[C@H]32. The third-order valence-electron chi connectivity index (χ3n) is 14.4. The molecule has 0 aromatic heterocycles. The zero-order valence-electron chi connectivity index (χ0n) is 39.3. The zero-order valence-corrected chi connectivity index (χ0v) is 39.3. The van der Waals surface area contributed by atoms with E-state index in [2.05, 4.69) is 56.0 Å². The average Bonchev–Trinajstić information content (AvgIpc) is 3.38. The fourth-order valence-electron chi connectivity index (χ4n) is 11.2. The van der Waals surface area contributed by atoms with E-state index in [-0.39, 0.29) is 43.5 Å². The first-order chi connectivity index (χ1) is 33.4. The molecule has 2 fully saturated rings. The highest BCUT2D eigenvalue weighted by atomic mass is 16.8. The minimum Gasteiger partial charge on any atom is -0.459 e. The van der Waals surface area contributed by atoms with Crippen LogP contribution >= 0.6 is 0 Å². The van der Waals surface area contributed by atoms with E-state index in [1.807, 2.05) is 83.8 Å². The number of hydrogen-bond donors (Lipinski definition) is 2. The maximum absolute atomic E-state index is 15.4. The van der Waals surface area contributed by atoms with E-state index in [9.17, 15) is 10.2 Å². The number of amides is 1. The molecule has 0 spiro atoms. The van der Waals surface area contributed by atoms with Gasteiger partial charge in [-0.25, -0.2) is 0 Å². The molecule has 0 radical (unpaired) electrons. The third-order valence-corrected chi connectivity index (χ3v) is 14.4. The second kappa shape index (κ2) is 22.1. The lowest BCUT2D eigenvalue weighted by Gasteiger charge is -2.60. The highest BCUT2D eigenvalue weighted by molar-refractivity contribution is 6.04. The van der Waals surface area contributed by atoms with Crippen molar-refractivity contribution in [1.82, 2.24) is 4.90 Å². The molecule has 9 rings (SSSR count). The molecule has 5 aromatic rings. The Morgan fingerprint density at radius 2 is 1.60 bits per heavy atom. The van der Waals surface area contributed by atoms with Crippen LogP contribution in [0.5, 0.6) is 17.2 Å². The quantitative estimate of drug-likeness (QED) is 0.0450. The molecule has 2 aliphatic carbocycles. The van der Waals surface area contributed by atoms with Gasteiger partial charge in [-0.05, 0) is 127 Å². The summed E-state index contributed by atoms with van der Waals surface area (Å²) >= 11 is 0. The highest BCUT2D eigenvalue weighted by Gasteiger charge is 2.65. The average molecular weight is 919 g/mol. The molecular formula is C58H66N2O8. The lowest BCUT2D eigenvalue weighted by atomic mass is 9.55. The van der Waals surface area contributed by atoms with Crippen LogP contribution < -0.4 is 9.47 Å². The molecular weight excluding hydrogens is 853 g/mol. The van der Waals surface area contributed by atoms with Gasteiger partial charge in [0.1, 0.15) is 23.3 Å². The summed E-state index contributed by atoms with van der Waals surface area (Å²) in [6.45, 7) is 7.67. The van der Waals surface area contributed by atoms with Crippen LogP contribution in [0, 0.1) is 17.8 Å². The smallest absolute Gasteiger partial charge is 0.254 e. The molecule has 7 atom stereocenters. The van der Waals surface area contributed by atoms with Crippen molar-refractivity contribution in [3.8, 4) is 28.4 Å². The molecule has 1 saturated heterocycles. The van der Waals surface area contributed by atoms with Crippen LogP contribution in [-0.4, -0.2) is 77.8 Å². The fraction of sp³-hybridized carbons (Fsp3) is 0.414. The van der Waals surface area contributed by atoms with Crippen LogP contribution in [0.25, 0.3) is 21.9 Å². The Bertz CT molecular complexity index is 2550. The summed E-state index contributed by atoms with van der Waals surface area (Å²) in [6, 6.07) is 37.9. The summed E-state index contributed by atoms with van der Waals surface area (Å²) in [4.78, 5) is 23.7. The molecule has 10 heteroatoms. The number of oxime groups is 1. The van der Waals surface area contributed by atoms with Crippen LogP contribution in [0.2, 0.25) is 0 Å². The van der Waals surface area contributed by atoms with Crippen molar-refractivity contribution in [2.45, 2.75) is 102 Å². The van der Waals surface area contributed by atoms with Crippen LogP contribution in [0.15, 0.2) is 145 Å². The van der Waals surface area contributed by atoms with Gasteiger partial charge in [0.25, 0.3) is 5.91 Å². The molecule has 4 aliphatic rings. The van der Waals surface area contributed by atoms with Crippen molar-refractivity contribution in [2.75, 3.05) is 33.0 Å². The number of carbonyl (C=O) groups is 1. The summed E-state index contributed by atoms with van der Waals surface area (Å²) in [7, 11) is 0. The van der Waals surface area contributed by atoms with Crippen LogP contribution in [0.1, 0.15) is 99.4 Å². The number of allylic oxidation sites excluding steroid dienone is 1. The number of nitrogens with zero attached hydrogens (tertiary/aromatic N) is 2. The van der Waals surface area contributed by atoms with Gasteiger partial charge in [0.2, 0.25) is 12.1 Å². The molecule has 2 heterocycles. The molecule has 10 nitrogen and oxygen atoms in total. The Labute approximate surface area is 401 Å². The van der Waals surface area contributed by atoms with Crippen molar-refractivity contribution in [2.24, 2.45) is 22.9 Å². The second-order valence-electron chi connectivity index (χ2n) is 18.7. The minimum atomic E-state index is -1.37. The minimum absolute atomic E-state index is 0.0714. The van der Waals surface area contributed by atoms with E-state index in [1.165, 1.54) is 0 Å². The standard InChI is InChI=1S/C58H66N2O8/c1-3-31-60(57(63)45-24-23-41-18-8-9-19-43(41)36-45)53-39-51(59-68-54-22-12-15-35-64-54)49-37-44(20-10-13-32-61)48(21-11-14-33-62)55-50-38-47(29-30-52(50)67-58(53,56(49)55)65-34-4-2)66-46-27-25-42(26-28-46)40-16-6-5-7-17-40/h4-9,16-19,23-30,36-38,44,48,53-56,61-62H,2-3,10-15,20-22,31-35,39H2,1H3/t44-,48+,53-,54?,55+,56+,58+/m0/s1. The number of hydrogen-bond acceptors (Lipinski definition) is 9. The lowest BCUT2D eigenvalue weighted by molar-refractivity contribution is -0.254. The van der Waals surface area contributed by atoms with Crippen LogP contribution in [-0.2, 0) is 14.3 Å². The summed E-state index contributed by atoms with van der Waals surface area (Å²) in [5.74, 6) is 0.112. The lowest BCUT2D eigenvalue weighted by Crippen LogP contribution is -2.70. The highest BCUT2D eigenvalue weighted by Crippen LogP contribution is 2.62. The van der Waals surface area contributed by atoms with Gasteiger partial charge < -0.3 is 38.9 Å². The molecule has 2 N–H and O–H groups in total. The monoisotopic (exact) mass is 918 g/mol. The van der Waals surface area contributed by atoms with Crippen LogP contribution in [0.4, 0.5) is 0 Å². The molecule has 1 amide bonds. The van der Waals surface area contributed by atoms with E-state index < -0.39 is 24.0 Å². The predicted octanol–water partition coefficient (Wildman–Crippen LogP) is 12.0. The Morgan fingerprint density at radius 1 is 0.853 bits per heavy atom. The summed E-state index contributed by atoms with van der Waals surface area (Å²) < 4.78 is 27.5. The van der Waals surface area contributed by atoms with Gasteiger partial charge in [-0.1, -0.05) is 110 Å². The van der Waals surface area contributed by atoms with Crippen molar-refractivity contribution in [1.29, 1.82) is 0 Å². The number of unbranched alkanes of at least 4 members (excludes halogenated alkanes) is 2. The largest absolute Gasteiger partial charge is 0.459 e. The van der Waals surface area contributed by atoms with E-state index >= 15 is 4.79 Å². The molecule has 68 heavy (non-hydrogen) atoms. The predicted molar refractivity (Wildman–Crippen MR) is 267 cm³/mol. The number of ether oxygens (including phenoxy) is 4. The van der Waals surface area contributed by atoms with E-state index in [0.717, 1.165) is 83.7 Å². The number of fused-ring (bicyclic) bond motifs is 3. The number of benzene rings is 5. The van der Waals surface area contributed by atoms with Gasteiger partial charge >= 0.3 is 0 Å². The van der Waals surface area contributed by atoms with Crippen molar-refractivity contribution >= 4 is 22.4 Å². The van der Waals surface area contributed by atoms with Crippen molar-refractivity contribution in [3.05, 3.63) is 151 Å². The van der Waals surface area contributed by atoms with Gasteiger partial charge in [0.15, 0.2) is 0 Å².